The molecule has 5 nitrogen and oxygen atoms in total. The number of carbonyl (C=O) groups is 2. The first-order chi connectivity index (χ1) is 10.1. The summed E-state index contributed by atoms with van der Waals surface area (Å²) in [4.78, 5) is 22.8. The molecule has 0 spiro atoms. The minimum atomic E-state index is -0.966. The number of rotatable bonds is 5. The van der Waals surface area contributed by atoms with E-state index < -0.39 is 5.97 Å². The summed E-state index contributed by atoms with van der Waals surface area (Å²) in [6.45, 7) is 4.18. The maximum Gasteiger partial charge on any atom is 0.335 e. The second-order valence-corrected chi connectivity index (χ2v) is 5.72. The van der Waals surface area contributed by atoms with E-state index in [0.29, 0.717) is 23.9 Å². The van der Waals surface area contributed by atoms with Crippen molar-refractivity contribution in [1.82, 2.24) is 5.32 Å². The van der Waals surface area contributed by atoms with Crippen LogP contribution in [0.4, 0.5) is 5.69 Å². The molecule has 1 saturated heterocycles. The van der Waals surface area contributed by atoms with Crippen molar-refractivity contribution in [3.8, 4) is 0 Å². The summed E-state index contributed by atoms with van der Waals surface area (Å²) >= 11 is 0. The Balaban J connectivity index is 1.84. The largest absolute Gasteiger partial charge is 0.478 e. The molecule has 1 fully saturated rings. The lowest BCUT2D eigenvalue weighted by molar-refractivity contribution is -0.117. The van der Waals surface area contributed by atoms with Crippen LogP contribution in [0.5, 0.6) is 0 Å². The maximum absolute atomic E-state index is 12.0. The van der Waals surface area contributed by atoms with E-state index in [9.17, 15) is 9.59 Å². The van der Waals surface area contributed by atoms with Gasteiger partial charge in [0.2, 0.25) is 5.91 Å². The number of hydrogen-bond donors (Lipinski definition) is 3. The first kappa shape index (κ1) is 15.5. The lowest BCUT2D eigenvalue weighted by Crippen LogP contribution is -2.34. The Bertz CT molecular complexity index is 493. The molecule has 5 heteroatoms. The molecule has 1 aliphatic rings. The monoisotopic (exact) mass is 290 g/mol. The van der Waals surface area contributed by atoms with Gasteiger partial charge in [-0.25, -0.2) is 4.79 Å². The number of anilines is 1. The number of hydrogen-bond acceptors (Lipinski definition) is 3. The van der Waals surface area contributed by atoms with Crippen molar-refractivity contribution in [2.24, 2.45) is 11.8 Å². The highest BCUT2D eigenvalue weighted by Crippen LogP contribution is 2.23. The van der Waals surface area contributed by atoms with Crippen molar-refractivity contribution in [3.63, 3.8) is 0 Å². The highest BCUT2D eigenvalue weighted by Gasteiger charge is 2.22. The van der Waals surface area contributed by atoms with Gasteiger partial charge in [-0.1, -0.05) is 6.92 Å². The van der Waals surface area contributed by atoms with Crippen LogP contribution in [0.15, 0.2) is 24.3 Å². The Kier molecular flexibility index (Phi) is 5.33. The van der Waals surface area contributed by atoms with Gasteiger partial charge in [-0.2, -0.15) is 0 Å². The van der Waals surface area contributed by atoms with Crippen molar-refractivity contribution in [2.45, 2.75) is 26.2 Å². The highest BCUT2D eigenvalue weighted by atomic mass is 16.4. The van der Waals surface area contributed by atoms with Crippen LogP contribution in [0.25, 0.3) is 0 Å². The number of carbonyl (C=O) groups excluding carboxylic acids is 1. The molecule has 3 N–H and O–H groups in total. The van der Waals surface area contributed by atoms with E-state index in [1.807, 2.05) is 0 Å². The molecule has 0 bridgehead atoms. The molecule has 1 heterocycles. The summed E-state index contributed by atoms with van der Waals surface area (Å²) in [6, 6.07) is 6.22. The maximum atomic E-state index is 12.0. The predicted octanol–water partition coefficient (Wildman–Crippen LogP) is 2.35. The number of piperidine rings is 1. The zero-order valence-corrected chi connectivity index (χ0v) is 12.3. The summed E-state index contributed by atoms with van der Waals surface area (Å²) in [5.74, 6) is -0.0857. The molecule has 0 radical (unpaired) electrons. The zero-order valence-electron chi connectivity index (χ0n) is 12.3. The van der Waals surface area contributed by atoms with E-state index in [-0.39, 0.29) is 11.5 Å². The molecule has 2 unspecified atom stereocenters. The van der Waals surface area contributed by atoms with E-state index in [2.05, 4.69) is 17.6 Å². The summed E-state index contributed by atoms with van der Waals surface area (Å²) < 4.78 is 0. The summed E-state index contributed by atoms with van der Waals surface area (Å²) in [5, 5.41) is 15.0. The van der Waals surface area contributed by atoms with E-state index in [4.69, 9.17) is 5.11 Å². The minimum Gasteiger partial charge on any atom is -0.478 e. The fourth-order valence-electron chi connectivity index (χ4n) is 2.73. The third-order valence-corrected chi connectivity index (χ3v) is 4.06. The lowest BCUT2D eigenvalue weighted by atomic mass is 9.85. The van der Waals surface area contributed by atoms with Gasteiger partial charge < -0.3 is 15.7 Å². The SMILES string of the molecule is CC(CC(=O)Nc1ccc(C(=O)O)cc1)C1CCCNC1. The van der Waals surface area contributed by atoms with Gasteiger partial charge in [0.15, 0.2) is 0 Å². The van der Waals surface area contributed by atoms with Gasteiger partial charge in [-0.3, -0.25) is 4.79 Å². The third-order valence-electron chi connectivity index (χ3n) is 4.06. The third kappa shape index (κ3) is 4.56. The average molecular weight is 290 g/mol. The molecule has 0 saturated carbocycles. The topological polar surface area (TPSA) is 78.4 Å². The summed E-state index contributed by atoms with van der Waals surface area (Å²) in [7, 11) is 0. The van der Waals surface area contributed by atoms with Crippen LogP contribution in [-0.2, 0) is 4.79 Å². The van der Waals surface area contributed by atoms with Gasteiger partial charge in [0.1, 0.15) is 0 Å². The number of carboxylic acid groups (broad SMARTS) is 1. The van der Waals surface area contributed by atoms with E-state index in [0.717, 1.165) is 13.1 Å². The molecular weight excluding hydrogens is 268 g/mol. The van der Waals surface area contributed by atoms with Crippen LogP contribution >= 0.6 is 0 Å². The van der Waals surface area contributed by atoms with Gasteiger partial charge >= 0.3 is 5.97 Å². The molecule has 1 aromatic carbocycles. The predicted molar refractivity (Wildman–Crippen MR) is 81.4 cm³/mol. The molecular formula is C16H22N2O3. The van der Waals surface area contributed by atoms with Crippen LogP contribution in [0.2, 0.25) is 0 Å². The zero-order chi connectivity index (χ0) is 15.2. The van der Waals surface area contributed by atoms with Gasteiger partial charge in [-0.15, -0.1) is 0 Å². The fourth-order valence-corrected chi connectivity index (χ4v) is 2.73. The van der Waals surface area contributed by atoms with Crippen LogP contribution in [0.1, 0.15) is 36.5 Å². The molecule has 21 heavy (non-hydrogen) atoms. The quantitative estimate of drug-likeness (QED) is 0.778. The Morgan fingerprint density at radius 1 is 1.38 bits per heavy atom. The number of aromatic carboxylic acids is 1. The number of benzene rings is 1. The Labute approximate surface area is 124 Å². The second-order valence-electron chi connectivity index (χ2n) is 5.72. The molecule has 2 rings (SSSR count). The molecule has 1 aromatic rings. The van der Waals surface area contributed by atoms with Crippen LogP contribution in [-0.4, -0.2) is 30.1 Å². The Morgan fingerprint density at radius 2 is 2.10 bits per heavy atom. The molecule has 1 amide bonds. The smallest absolute Gasteiger partial charge is 0.335 e. The summed E-state index contributed by atoms with van der Waals surface area (Å²) in [6.07, 6.45) is 2.84. The standard InChI is InChI=1S/C16H22N2O3/c1-11(13-3-2-8-17-10-13)9-15(19)18-14-6-4-12(5-7-14)16(20)21/h4-7,11,13,17H,2-3,8-10H2,1H3,(H,18,19)(H,20,21). The van der Waals surface area contributed by atoms with Crippen LogP contribution < -0.4 is 10.6 Å². The molecule has 0 aliphatic carbocycles. The molecule has 114 valence electrons. The number of nitrogens with one attached hydrogen (secondary N) is 2. The van der Waals surface area contributed by atoms with Crippen molar-refractivity contribution >= 4 is 17.6 Å². The normalized spacial score (nSPS) is 19.8. The van der Waals surface area contributed by atoms with E-state index >= 15 is 0 Å². The molecule has 1 aliphatic heterocycles. The Hall–Kier alpha value is -1.88. The van der Waals surface area contributed by atoms with Crippen molar-refractivity contribution < 1.29 is 14.7 Å². The van der Waals surface area contributed by atoms with E-state index in [1.165, 1.54) is 25.0 Å². The van der Waals surface area contributed by atoms with Crippen LogP contribution in [0.3, 0.4) is 0 Å². The van der Waals surface area contributed by atoms with Crippen molar-refractivity contribution in [1.29, 1.82) is 0 Å². The first-order valence-electron chi connectivity index (χ1n) is 7.40. The average Bonchev–Trinajstić information content (AvgIpc) is 2.48. The van der Waals surface area contributed by atoms with Crippen molar-refractivity contribution in [2.75, 3.05) is 18.4 Å². The second kappa shape index (κ2) is 7.22. The highest BCUT2D eigenvalue weighted by molar-refractivity contribution is 5.92. The minimum absolute atomic E-state index is 0.0175. The van der Waals surface area contributed by atoms with E-state index in [1.54, 1.807) is 12.1 Å². The lowest BCUT2D eigenvalue weighted by Gasteiger charge is -2.28. The molecule has 0 aromatic heterocycles. The van der Waals surface area contributed by atoms with Gasteiger partial charge in [0.05, 0.1) is 5.56 Å². The van der Waals surface area contributed by atoms with Gasteiger partial charge in [0.25, 0.3) is 0 Å². The fraction of sp³-hybridized carbons (Fsp3) is 0.500. The van der Waals surface area contributed by atoms with Crippen molar-refractivity contribution in [3.05, 3.63) is 29.8 Å². The first-order valence-corrected chi connectivity index (χ1v) is 7.40. The van der Waals surface area contributed by atoms with Gasteiger partial charge in [0, 0.05) is 12.1 Å². The molecule has 2 atom stereocenters. The Morgan fingerprint density at radius 3 is 2.67 bits per heavy atom. The van der Waals surface area contributed by atoms with Crippen LogP contribution in [0, 0.1) is 11.8 Å². The number of amides is 1. The number of carboxylic acids is 1. The van der Waals surface area contributed by atoms with Gasteiger partial charge in [-0.05, 0) is 62.0 Å². The summed E-state index contributed by atoms with van der Waals surface area (Å²) in [5.41, 5.74) is 0.855.